The molecule has 0 spiro atoms. The van der Waals surface area contributed by atoms with Crippen molar-refractivity contribution in [3.63, 3.8) is 0 Å². The number of morpholine rings is 1. The number of hydrogen-bond acceptors (Lipinski definition) is 7. The first-order chi connectivity index (χ1) is 8.10. The molecule has 7 nitrogen and oxygen atoms in total. The summed E-state index contributed by atoms with van der Waals surface area (Å²) in [5, 5.41) is 0. The molecule has 2 heterocycles. The van der Waals surface area contributed by atoms with Gasteiger partial charge in [-0.25, -0.2) is 5.84 Å². The monoisotopic (exact) mass is 238 g/mol. The van der Waals surface area contributed by atoms with E-state index in [-0.39, 0.29) is 18.1 Å². The van der Waals surface area contributed by atoms with E-state index in [1.54, 1.807) is 6.07 Å². The van der Waals surface area contributed by atoms with Crippen LogP contribution >= 0.6 is 0 Å². The van der Waals surface area contributed by atoms with E-state index >= 15 is 0 Å². The number of nitrogen functional groups attached to an aromatic ring is 2. The Morgan fingerprint density at radius 1 is 1.47 bits per heavy atom. The lowest BCUT2D eigenvalue weighted by Gasteiger charge is -2.37. The second-order valence-corrected chi connectivity index (χ2v) is 4.26. The van der Waals surface area contributed by atoms with Crippen molar-refractivity contribution >= 4 is 17.6 Å². The number of nitrogens with one attached hydrogen (secondary N) is 1. The van der Waals surface area contributed by atoms with Crippen LogP contribution in [0.25, 0.3) is 0 Å². The van der Waals surface area contributed by atoms with Crippen molar-refractivity contribution in [2.45, 2.75) is 26.0 Å². The van der Waals surface area contributed by atoms with Crippen LogP contribution in [0.4, 0.5) is 17.6 Å². The number of nitrogens with zero attached hydrogens (tertiary/aromatic N) is 3. The molecule has 1 saturated heterocycles. The van der Waals surface area contributed by atoms with E-state index in [4.69, 9.17) is 16.3 Å². The van der Waals surface area contributed by atoms with Gasteiger partial charge in [0.15, 0.2) is 0 Å². The van der Waals surface area contributed by atoms with Crippen molar-refractivity contribution in [3.05, 3.63) is 6.07 Å². The number of anilines is 3. The van der Waals surface area contributed by atoms with Crippen LogP contribution in [0, 0.1) is 0 Å². The fourth-order valence-electron chi connectivity index (χ4n) is 1.90. The zero-order valence-electron chi connectivity index (χ0n) is 10.1. The summed E-state index contributed by atoms with van der Waals surface area (Å²) in [5.74, 6) is 6.83. The standard InChI is InChI=1S/C10H18N6O/c1-6-5-17-7(2)4-16(6)9-3-8(15-12)13-10(11)14-9/h3,6-7H,4-5,12H2,1-2H3,(H3,11,13,14,15). The first-order valence-corrected chi connectivity index (χ1v) is 5.59. The van der Waals surface area contributed by atoms with Gasteiger partial charge in [0.05, 0.1) is 18.8 Å². The molecule has 0 radical (unpaired) electrons. The molecule has 0 bridgehead atoms. The van der Waals surface area contributed by atoms with E-state index in [1.165, 1.54) is 0 Å². The first kappa shape index (κ1) is 11.9. The zero-order chi connectivity index (χ0) is 12.4. The Morgan fingerprint density at radius 2 is 2.24 bits per heavy atom. The van der Waals surface area contributed by atoms with Gasteiger partial charge in [0.25, 0.3) is 0 Å². The lowest BCUT2D eigenvalue weighted by Crippen LogP contribution is -2.47. The van der Waals surface area contributed by atoms with Gasteiger partial charge in [-0.2, -0.15) is 9.97 Å². The summed E-state index contributed by atoms with van der Waals surface area (Å²) in [5.41, 5.74) is 8.13. The molecule has 1 aliphatic rings. The molecular formula is C10H18N6O. The van der Waals surface area contributed by atoms with Crippen LogP contribution in [-0.4, -0.2) is 35.3 Å². The molecule has 0 amide bonds. The number of aromatic nitrogens is 2. The van der Waals surface area contributed by atoms with Gasteiger partial charge < -0.3 is 20.8 Å². The van der Waals surface area contributed by atoms with Gasteiger partial charge in [-0.3, -0.25) is 0 Å². The van der Waals surface area contributed by atoms with Gasteiger partial charge >= 0.3 is 0 Å². The second-order valence-electron chi connectivity index (χ2n) is 4.26. The average Bonchev–Trinajstić information content (AvgIpc) is 2.31. The lowest BCUT2D eigenvalue weighted by atomic mass is 10.2. The highest BCUT2D eigenvalue weighted by Crippen LogP contribution is 2.22. The van der Waals surface area contributed by atoms with E-state index < -0.39 is 0 Å². The van der Waals surface area contributed by atoms with Gasteiger partial charge in [-0.1, -0.05) is 0 Å². The number of nitrogens with two attached hydrogens (primary N) is 2. The molecule has 1 fully saturated rings. The van der Waals surface area contributed by atoms with Crippen LogP contribution in [0.1, 0.15) is 13.8 Å². The molecule has 1 aliphatic heterocycles. The maximum Gasteiger partial charge on any atom is 0.223 e. The molecule has 17 heavy (non-hydrogen) atoms. The van der Waals surface area contributed by atoms with Crippen LogP contribution in [-0.2, 0) is 4.74 Å². The van der Waals surface area contributed by atoms with Crippen molar-refractivity contribution in [1.82, 2.24) is 9.97 Å². The van der Waals surface area contributed by atoms with Gasteiger partial charge in [-0.15, -0.1) is 0 Å². The maximum atomic E-state index is 5.65. The minimum atomic E-state index is 0.177. The highest BCUT2D eigenvalue weighted by atomic mass is 16.5. The molecule has 2 rings (SSSR count). The predicted molar refractivity (Wildman–Crippen MR) is 66.5 cm³/mol. The number of ether oxygens (including phenoxy) is 1. The Hall–Kier alpha value is -1.60. The first-order valence-electron chi connectivity index (χ1n) is 5.59. The Balaban J connectivity index is 2.28. The fourth-order valence-corrected chi connectivity index (χ4v) is 1.90. The van der Waals surface area contributed by atoms with Gasteiger partial charge in [0.2, 0.25) is 5.95 Å². The fraction of sp³-hybridized carbons (Fsp3) is 0.600. The highest BCUT2D eigenvalue weighted by Gasteiger charge is 2.25. The van der Waals surface area contributed by atoms with Crippen LogP contribution in [0.3, 0.4) is 0 Å². The van der Waals surface area contributed by atoms with Crippen molar-refractivity contribution in [2.24, 2.45) is 5.84 Å². The van der Waals surface area contributed by atoms with Gasteiger partial charge in [0, 0.05) is 12.6 Å². The van der Waals surface area contributed by atoms with Gasteiger partial charge in [-0.05, 0) is 13.8 Å². The largest absolute Gasteiger partial charge is 0.375 e. The SMILES string of the molecule is CC1CN(c2cc(NN)nc(N)n2)C(C)CO1. The van der Waals surface area contributed by atoms with Crippen molar-refractivity contribution in [2.75, 3.05) is 29.2 Å². The summed E-state index contributed by atoms with van der Waals surface area (Å²) >= 11 is 0. The molecular weight excluding hydrogens is 220 g/mol. The van der Waals surface area contributed by atoms with Crippen LogP contribution in [0.2, 0.25) is 0 Å². The van der Waals surface area contributed by atoms with Crippen molar-refractivity contribution in [3.8, 4) is 0 Å². The predicted octanol–water partition coefficient (Wildman–Crippen LogP) is -0.0420. The molecule has 7 heteroatoms. The number of hydrazine groups is 1. The van der Waals surface area contributed by atoms with E-state index in [2.05, 4.69) is 27.2 Å². The highest BCUT2D eigenvalue weighted by molar-refractivity contribution is 5.52. The molecule has 0 aromatic carbocycles. The van der Waals surface area contributed by atoms with Crippen molar-refractivity contribution in [1.29, 1.82) is 0 Å². The van der Waals surface area contributed by atoms with Crippen molar-refractivity contribution < 1.29 is 4.74 Å². The average molecular weight is 238 g/mol. The molecule has 5 N–H and O–H groups in total. The molecule has 2 unspecified atom stereocenters. The molecule has 1 aromatic rings. The Morgan fingerprint density at radius 3 is 2.94 bits per heavy atom. The van der Waals surface area contributed by atoms with Crippen LogP contribution in [0.15, 0.2) is 6.07 Å². The van der Waals surface area contributed by atoms with E-state index in [9.17, 15) is 0 Å². The second kappa shape index (κ2) is 4.72. The third-order valence-electron chi connectivity index (χ3n) is 2.78. The Bertz CT molecular complexity index is 398. The minimum absolute atomic E-state index is 0.177. The zero-order valence-corrected chi connectivity index (χ0v) is 10.1. The third kappa shape index (κ3) is 2.56. The van der Waals surface area contributed by atoms with E-state index in [0.717, 1.165) is 12.4 Å². The molecule has 2 atom stereocenters. The quantitative estimate of drug-likeness (QED) is 0.490. The summed E-state index contributed by atoms with van der Waals surface area (Å²) in [4.78, 5) is 10.3. The minimum Gasteiger partial charge on any atom is -0.375 e. The van der Waals surface area contributed by atoms with Gasteiger partial charge in [0.1, 0.15) is 11.6 Å². The summed E-state index contributed by atoms with van der Waals surface area (Å²) < 4.78 is 5.57. The Kier molecular flexibility index (Phi) is 3.30. The molecule has 0 saturated carbocycles. The maximum absolute atomic E-state index is 5.65. The third-order valence-corrected chi connectivity index (χ3v) is 2.78. The summed E-state index contributed by atoms with van der Waals surface area (Å²) in [6.07, 6.45) is 0.177. The molecule has 0 aliphatic carbocycles. The van der Waals surface area contributed by atoms with E-state index in [1.807, 2.05) is 6.92 Å². The lowest BCUT2D eigenvalue weighted by molar-refractivity contribution is 0.0340. The van der Waals surface area contributed by atoms with E-state index in [0.29, 0.717) is 12.4 Å². The van der Waals surface area contributed by atoms with Crippen LogP contribution < -0.4 is 21.9 Å². The molecule has 1 aromatic heterocycles. The number of rotatable bonds is 2. The molecule has 94 valence electrons. The Labute approximate surface area is 100 Å². The topological polar surface area (TPSA) is 102 Å². The number of hydrogen-bond donors (Lipinski definition) is 3. The normalized spacial score (nSPS) is 24.8. The van der Waals surface area contributed by atoms with Crippen LogP contribution in [0.5, 0.6) is 0 Å². The summed E-state index contributed by atoms with van der Waals surface area (Å²) in [7, 11) is 0. The summed E-state index contributed by atoms with van der Waals surface area (Å²) in [6.45, 7) is 5.57. The smallest absolute Gasteiger partial charge is 0.223 e. The summed E-state index contributed by atoms with van der Waals surface area (Å²) in [6, 6.07) is 2.04.